The number of likely N-dealkylation sites (tertiary alicyclic amines) is 1. The van der Waals surface area contributed by atoms with E-state index in [2.05, 4.69) is 0 Å². The molecule has 1 saturated heterocycles. The molecule has 1 amide bonds. The van der Waals surface area contributed by atoms with Gasteiger partial charge in [0.15, 0.2) is 5.75 Å². The summed E-state index contributed by atoms with van der Waals surface area (Å²) < 4.78 is 5.60. The van der Waals surface area contributed by atoms with Gasteiger partial charge >= 0.3 is 5.69 Å². The molecule has 0 aromatic heterocycles. The number of rotatable bonds is 5. The van der Waals surface area contributed by atoms with Crippen LogP contribution in [-0.2, 0) is 6.61 Å². The zero-order valence-corrected chi connectivity index (χ0v) is 13.9. The monoisotopic (exact) mass is 340 g/mol. The van der Waals surface area contributed by atoms with Gasteiger partial charge in [0.05, 0.1) is 4.92 Å². The molecule has 25 heavy (non-hydrogen) atoms. The summed E-state index contributed by atoms with van der Waals surface area (Å²) in [6, 6.07) is 13.5. The topological polar surface area (TPSA) is 72.7 Å². The third-order valence-corrected chi connectivity index (χ3v) is 4.27. The molecule has 0 saturated carbocycles. The smallest absolute Gasteiger partial charge is 0.310 e. The van der Waals surface area contributed by atoms with Gasteiger partial charge < -0.3 is 9.64 Å². The zero-order chi connectivity index (χ0) is 17.6. The molecular formula is C19H20N2O4. The lowest BCUT2D eigenvalue weighted by atomic mass is 10.1. The number of hydrogen-bond donors (Lipinski definition) is 0. The van der Waals surface area contributed by atoms with Crippen molar-refractivity contribution >= 4 is 11.6 Å². The van der Waals surface area contributed by atoms with Crippen LogP contribution in [0.15, 0.2) is 48.5 Å². The highest BCUT2D eigenvalue weighted by molar-refractivity contribution is 5.94. The number of benzene rings is 2. The number of nitro benzene ring substituents is 1. The van der Waals surface area contributed by atoms with Crippen molar-refractivity contribution in [2.45, 2.75) is 25.9 Å². The molecule has 2 aromatic carbocycles. The summed E-state index contributed by atoms with van der Waals surface area (Å²) in [7, 11) is 0. The first-order chi connectivity index (χ1) is 12.1. The third-order valence-electron chi connectivity index (χ3n) is 4.27. The van der Waals surface area contributed by atoms with Crippen molar-refractivity contribution in [3.05, 3.63) is 69.8 Å². The predicted octanol–water partition coefficient (Wildman–Crippen LogP) is 3.80. The van der Waals surface area contributed by atoms with E-state index < -0.39 is 4.92 Å². The second kappa shape index (κ2) is 7.79. The van der Waals surface area contributed by atoms with Gasteiger partial charge in [0, 0.05) is 24.7 Å². The number of carbonyl (C=O) groups excluding carboxylic acids is 1. The van der Waals surface area contributed by atoms with Crippen molar-refractivity contribution < 1.29 is 14.5 Å². The summed E-state index contributed by atoms with van der Waals surface area (Å²) in [5.41, 5.74) is 1.37. The highest BCUT2D eigenvalue weighted by Crippen LogP contribution is 2.26. The molecular weight excluding hydrogens is 320 g/mol. The van der Waals surface area contributed by atoms with Gasteiger partial charge in [-0.05, 0) is 43.0 Å². The van der Waals surface area contributed by atoms with E-state index in [1.165, 1.54) is 12.5 Å². The molecule has 0 aliphatic carbocycles. The van der Waals surface area contributed by atoms with Crippen LogP contribution in [-0.4, -0.2) is 28.8 Å². The lowest BCUT2D eigenvalue weighted by Gasteiger charge is -2.26. The van der Waals surface area contributed by atoms with Crippen LogP contribution in [0.2, 0.25) is 0 Å². The van der Waals surface area contributed by atoms with E-state index in [-0.39, 0.29) is 24.0 Å². The second-order valence-electron chi connectivity index (χ2n) is 6.07. The fourth-order valence-electron chi connectivity index (χ4n) is 2.96. The van der Waals surface area contributed by atoms with Gasteiger partial charge in [-0.25, -0.2) is 0 Å². The molecule has 0 spiro atoms. The molecule has 6 nitrogen and oxygen atoms in total. The molecule has 0 radical (unpaired) electrons. The van der Waals surface area contributed by atoms with Crippen LogP contribution in [0.25, 0.3) is 0 Å². The maximum Gasteiger partial charge on any atom is 0.310 e. The van der Waals surface area contributed by atoms with Gasteiger partial charge in [-0.15, -0.1) is 0 Å². The number of nitrogens with zero attached hydrogens (tertiary/aromatic N) is 2. The molecule has 0 bridgehead atoms. The second-order valence-corrected chi connectivity index (χ2v) is 6.07. The number of nitro groups is 1. The standard InChI is InChI=1S/C19H20N2O4/c22-19(20-11-4-1-5-12-20)16-8-6-7-15(13-16)14-25-18-10-3-2-9-17(18)21(23)24/h2-3,6-10,13H,1,4-5,11-12,14H2. The maximum atomic E-state index is 12.6. The SMILES string of the molecule is O=C(c1cccc(COc2ccccc2[N+](=O)[O-])c1)N1CCCCC1. The normalized spacial score (nSPS) is 14.2. The van der Waals surface area contributed by atoms with E-state index in [9.17, 15) is 14.9 Å². The average molecular weight is 340 g/mol. The Morgan fingerprint density at radius 2 is 1.84 bits per heavy atom. The fraction of sp³-hybridized carbons (Fsp3) is 0.316. The number of amides is 1. The summed E-state index contributed by atoms with van der Waals surface area (Å²) in [5, 5.41) is 11.0. The van der Waals surface area contributed by atoms with Gasteiger partial charge in [-0.3, -0.25) is 14.9 Å². The number of ether oxygens (including phenoxy) is 1. The van der Waals surface area contributed by atoms with Gasteiger partial charge in [0.25, 0.3) is 5.91 Å². The number of carbonyl (C=O) groups is 1. The van der Waals surface area contributed by atoms with Crippen LogP contribution in [0.1, 0.15) is 35.2 Å². The van der Waals surface area contributed by atoms with E-state index in [0.29, 0.717) is 5.56 Å². The summed E-state index contributed by atoms with van der Waals surface area (Å²) in [6.45, 7) is 1.78. The van der Waals surface area contributed by atoms with E-state index >= 15 is 0 Å². The fourth-order valence-corrected chi connectivity index (χ4v) is 2.96. The van der Waals surface area contributed by atoms with Crippen molar-refractivity contribution in [2.24, 2.45) is 0 Å². The van der Waals surface area contributed by atoms with Gasteiger partial charge in [-0.1, -0.05) is 24.3 Å². The van der Waals surface area contributed by atoms with Gasteiger partial charge in [0.2, 0.25) is 0 Å². The minimum Gasteiger partial charge on any atom is -0.482 e. The number of para-hydroxylation sites is 2. The van der Waals surface area contributed by atoms with Crippen molar-refractivity contribution in [1.29, 1.82) is 0 Å². The molecule has 0 unspecified atom stereocenters. The minimum atomic E-state index is -0.467. The first-order valence-corrected chi connectivity index (χ1v) is 8.39. The molecule has 0 N–H and O–H groups in total. The van der Waals surface area contributed by atoms with E-state index in [0.717, 1.165) is 31.5 Å². The van der Waals surface area contributed by atoms with E-state index in [4.69, 9.17) is 4.74 Å². The molecule has 2 aromatic rings. The number of hydrogen-bond acceptors (Lipinski definition) is 4. The molecule has 1 fully saturated rings. The maximum absolute atomic E-state index is 12.6. The quantitative estimate of drug-likeness (QED) is 0.613. The molecule has 0 atom stereocenters. The van der Waals surface area contributed by atoms with Crippen molar-refractivity contribution in [3.63, 3.8) is 0 Å². The van der Waals surface area contributed by atoms with Crippen LogP contribution in [0, 0.1) is 10.1 Å². The molecule has 1 aliphatic rings. The summed E-state index contributed by atoms with van der Waals surface area (Å²) >= 11 is 0. The lowest BCUT2D eigenvalue weighted by Crippen LogP contribution is -2.35. The van der Waals surface area contributed by atoms with Crippen molar-refractivity contribution in [1.82, 2.24) is 4.90 Å². The van der Waals surface area contributed by atoms with Crippen LogP contribution in [0.5, 0.6) is 5.75 Å². The van der Waals surface area contributed by atoms with E-state index in [1.807, 2.05) is 17.0 Å². The Labute approximate surface area is 146 Å². The van der Waals surface area contributed by atoms with Crippen LogP contribution in [0.3, 0.4) is 0 Å². The highest BCUT2D eigenvalue weighted by atomic mass is 16.6. The molecule has 130 valence electrons. The Morgan fingerprint density at radius 1 is 1.08 bits per heavy atom. The Hall–Kier alpha value is -2.89. The Kier molecular flexibility index (Phi) is 5.28. The van der Waals surface area contributed by atoms with Crippen LogP contribution < -0.4 is 4.74 Å². The highest BCUT2D eigenvalue weighted by Gasteiger charge is 2.18. The van der Waals surface area contributed by atoms with Crippen LogP contribution >= 0.6 is 0 Å². The Morgan fingerprint density at radius 3 is 2.60 bits per heavy atom. The zero-order valence-electron chi connectivity index (χ0n) is 13.9. The summed E-state index contributed by atoms with van der Waals surface area (Å²) in [5.74, 6) is 0.257. The van der Waals surface area contributed by atoms with Crippen molar-refractivity contribution in [3.8, 4) is 5.75 Å². The Balaban J connectivity index is 1.70. The van der Waals surface area contributed by atoms with Gasteiger partial charge in [-0.2, -0.15) is 0 Å². The molecule has 6 heteroatoms. The van der Waals surface area contributed by atoms with Crippen LogP contribution in [0.4, 0.5) is 5.69 Å². The first-order valence-electron chi connectivity index (χ1n) is 8.39. The number of piperidine rings is 1. The molecule has 3 rings (SSSR count). The lowest BCUT2D eigenvalue weighted by molar-refractivity contribution is -0.385. The molecule has 1 aliphatic heterocycles. The Bertz CT molecular complexity index is 770. The predicted molar refractivity (Wildman–Crippen MR) is 93.6 cm³/mol. The summed E-state index contributed by atoms with van der Waals surface area (Å²) in [6.07, 6.45) is 3.27. The average Bonchev–Trinajstić information content (AvgIpc) is 2.67. The minimum absolute atomic E-state index is 0.0345. The van der Waals surface area contributed by atoms with Crippen molar-refractivity contribution in [2.75, 3.05) is 13.1 Å². The van der Waals surface area contributed by atoms with Gasteiger partial charge in [0.1, 0.15) is 6.61 Å². The summed E-state index contributed by atoms with van der Waals surface area (Å²) in [4.78, 5) is 25.0. The molecule has 1 heterocycles. The largest absolute Gasteiger partial charge is 0.482 e. The van der Waals surface area contributed by atoms with E-state index in [1.54, 1.807) is 30.3 Å². The third kappa shape index (κ3) is 4.15. The first kappa shape index (κ1) is 17.0.